The van der Waals surface area contributed by atoms with Crippen molar-refractivity contribution >= 4 is 5.97 Å². The highest BCUT2D eigenvalue weighted by atomic mass is 16.5. The van der Waals surface area contributed by atoms with E-state index in [0.29, 0.717) is 23.6 Å². The second-order valence-electron chi connectivity index (χ2n) is 3.83. The Morgan fingerprint density at radius 3 is 2.61 bits per heavy atom. The summed E-state index contributed by atoms with van der Waals surface area (Å²) in [6.07, 6.45) is 0.857. The second kappa shape index (κ2) is 6.86. The van der Waals surface area contributed by atoms with Gasteiger partial charge in [0.05, 0.1) is 14.2 Å². The molecule has 0 saturated heterocycles. The van der Waals surface area contributed by atoms with Gasteiger partial charge in [0.25, 0.3) is 0 Å². The van der Waals surface area contributed by atoms with Gasteiger partial charge >= 0.3 is 5.97 Å². The first kappa shape index (κ1) is 14.3. The van der Waals surface area contributed by atoms with Crippen LogP contribution in [0.15, 0.2) is 18.2 Å². The number of rotatable bonds is 7. The van der Waals surface area contributed by atoms with E-state index in [9.17, 15) is 9.90 Å². The van der Waals surface area contributed by atoms with Gasteiger partial charge in [0.1, 0.15) is 17.5 Å². The lowest BCUT2D eigenvalue weighted by Crippen LogP contribution is -2.29. The molecule has 1 unspecified atom stereocenters. The number of carboxylic acids is 1. The topological polar surface area (TPSA) is 67.8 Å². The fraction of sp³-hybridized carbons (Fsp3) is 0.462. The third kappa shape index (κ3) is 3.37. The van der Waals surface area contributed by atoms with Gasteiger partial charge in [-0.1, -0.05) is 6.92 Å². The lowest BCUT2D eigenvalue weighted by molar-refractivity contribution is -0.139. The number of nitrogens with one attached hydrogen (secondary N) is 1. The van der Waals surface area contributed by atoms with Crippen LogP contribution in [0.3, 0.4) is 0 Å². The Bertz CT molecular complexity index is 406. The van der Waals surface area contributed by atoms with Crippen molar-refractivity contribution in [3.05, 3.63) is 23.8 Å². The Kier molecular flexibility index (Phi) is 5.45. The molecule has 1 aromatic carbocycles. The maximum Gasteiger partial charge on any atom is 0.325 e. The highest BCUT2D eigenvalue weighted by Crippen LogP contribution is 2.29. The summed E-state index contributed by atoms with van der Waals surface area (Å²) in [5, 5.41) is 12.3. The van der Waals surface area contributed by atoms with Crippen LogP contribution in [0, 0.1) is 0 Å². The number of ether oxygens (including phenoxy) is 2. The predicted octanol–water partition coefficient (Wildman–Crippen LogP) is 1.83. The maximum absolute atomic E-state index is 11.3. The van der Waals surface area contributed by atoms with E-state index in [-0.39, 0.29) is 0 Å². The average Bonchev–Trinajstić information content (AvgIpc) is 2.38. The largest absolute Gasteiger partial charge is 0.497 e. The fourth-order valence-corrected chi connectivity index (χ4v) is 1.68. The molecule has 0 aliphatic carbocycles. The summed E-state index contributed by atoms with van der Waals surface area (Å²) < 4.78 is 10.3. The zero-order chi connectivity index (χ0) is 13.5. The first-order valence-electron chi connectivity index (χ1n) is 5.82. The Morgan fingerprint density at radius 1 is 1.39 bits per heavy atom. The highest BCUT2D eigenvalue weighted by Gasteiger charge is 2.23. The number of benzene rings is 1. The van der Waals surface area contributed by atoms with Crippen molar-refractivity contribution in [3.63, 3.8) is 0 Å². The number of aliphatic carboxylic acids is 1. The van der Waals surface area contributed by atoms with Crippen LogP contribution < -0.4 is 14.8 Å². The summed E-state index contributed by atoms with van der Waals surface area (Å²) in [4.78, 5) is 11.3. The van der Waals surface area contributed by atoms with Crippen LogP contribution >= 0.6 is 0 Å². The van der Waals surface area contributed by atoms with E-state index in [1.165, 1.54) is 7.11 Å². The van der Waals surface area contributed by atoms with Crippen LogP contribution in [0.4, 0.5) is 0 Å². The molecule has 18 heavy (non-hydrogen) atoms. The number of hydrogen-bond acceptors (Lipinski definition) is 4. The van der Waals surface area contributed by atoms with E-state index >= 15 is 0 Å². The van der Waals surface area contributed by atoms with Gasteiger partial charge in [-0.25, -0.2) is 0 Å². The fourth-order valence-electron chi connectivity index (χ4n) is 1.68. The van der Waals surface area contributed by atoms with Crippen LogP contribution in [-0.2, 0) is 4.79 Å². The molecule has 0 heterocycles. The van der Waals surface area contributed by atoms with Gasteiger partial charge in [-0.15, -0.1) is 0 Å². The Morgan fingerprint density at radius 2 is 2.11 bits per heavy atom. The monoisotopic (exact) mass is 253 g/mol. The molecule has 0 saturated carbocycles. The molecule has 100 valence electrons. The molecule has 0 bridgehead atoms. The van der Waals surface area contributed by atoms with Crippen molar-refractivity contribution in [2.75, 3.05) is 20.8 Å². The van der Waals surface area contributed by atoms with Gasteiger partial charge < -0.3 is 19.9 Å². The lowest BCUT2D eigenvalue weighted by atomic mass is 10.0. The molecule has 5 nitrogen and oxygen atoms in total. The molecule has 0 amide bonds. The molecular weight excluding hydrogens is 234 g/mol. The lowest BCUT2D eigenvalue weighted by Gasteiger charge is -2.18. The average molecular weight is 253 g/mol. The van der Waals surface area contributed by atoms with Crippen LogP contribution in [0.1, 0.15) is 24.9 Å². The van der Waals surface area contributed by atoms with Crippen LogP contribution in [0.2, 0.25) is 0 Å². The van der Waals surface area contributed by atoms with Crippen LogP contribution in [0.5, 0.6) is 11.5 Å². The van der Waals surface area contributed by atoms with Crippen molar-refractivity contribution in [2.45, 2.75) is 19.4 Å². The number of hydrogen-bond donors (Lipinski definition) is 2. The minimum absolute atomic E-state index is 0.534. The van der Waals surface area contributed by atoms with Crippen molar-refractivity contribution in [1.82, 2.24) is 5.32 Å². The van der Waals surface area contributed by atoms with Gasteiger partial charge in [0.15, 0.2) is 0 Å². The molecule has 5 heteroatoms. The maximum atomic E-state index is 11.3. The van der Waals surface area contributed by atoms with E-state index in [1.807, 2.05) is 6.92 Å². The summed E-state index contributed by atoms with van der Waals surface area (Å²) in [6, 6.07) is 4.33. The van der Waals surface area contributed by atoms with Gasteiger partial charge in [0.2, 0.25) is 0 Å². The first-order valence-corrected chi connectivity index (χ1v) is 5.82. The summed E-state index contributed by atoms with van der Waals surface area (Å²) >= 11 is 0. The van der Waals surface area contributed by atoms with E-state index in [4.69, 9.17) is 9.47 Å². The zero-order valence-corrected chi connectivity index (χ0v) is 10.9. The van der Waals surface area contributed by atoms with Gasteiger partial charge in [-0.3, -0.25) is 4.79 Å². The molecule has 2 N–H and O–H groups in total. The van der Waals surface area contributed by atoms with Crippen molar-refractivity contribution in [3.8, 4) is 11.5 Å². The number of carbonyl (C=O) groups is 1. The summed E-state index contributed by atoms with van der Waals surface area (Å²) in [7, 11) is 3.06. The molecule has 1 atom stereocenters. The first-order chi connectivity index (χ1) is 8.63. The van der Waals surface area contributed by atoms with Gasteiger partial charge in [0, 0.05) is 5.56 Å². The van der Waals surface area contributed by atoms with E-state index in [0.717, 1.165) is 6.42 Å². The van der Waals surface area contributed by atoms with Crippen molar-refractivity contribution < 1.29 is 19.4 Å². The van der Waals surface area contributed by atoms with Crippen molar-refractivity contribution in [1.29, 1.82) is 0 Å². The predicted molar refractivity (Wildman–Crippen MR) is 68.2 cm³/mol. The normalized spacial score (nSPS) is 11.9. The Labute approximate surface area is 107 Å². The summed E-state index contributed by atoms with van der Waals surface area (Å²) in [5.41, 5.74) is 0.567. The molecule has 0 spiro atoms. The van der Waals surface area contributed by atoms with Crippen LogP contribution in [-0.4, -0.2) is 31.8 Å². The highest BCUT2D eigenvalue weighted by molar-refractivity contribution is 5.77. The zero-order valence-electron chi connectivity index (χ0n) is 10.9. The number of carboxylic acid groups (broad SMARTS) is 1. The smallest absolute Gasteiger partial charge is 0.325 e. The third-order valence-corrected chi connectivity index (χ3v) is 2.59. The van der Waals surface area contributed by atoms with Crippen LogP contribution in [0.25, 0.3) is 0 Å². The Hall–Kier alpha value is -1.75. The summed E-state index contributed by atoms with van der Waals surface area (Å²) in [5.74, 6) is 0.206. The van der Waals surface area contributed by atoms with Gasteiger partial charge in [-0.05, 0) is 31.2 Å². The minimum Gasteiger partial charge on any atom is -0.497 e. The standard InChI is InChI=1S/C13H19NO4/c1-4-7-14-12(13(15)16)10-8-9(17-2)5-6-11(10)18-3/h5-6,8,12,14H,4,7H2,1-3H3,(H,15,16). The summed E-state index contributed by atoms with van der Waals surface area (Å²) in [6.45, 7) is 2.60. The molecule has 0 aromatic heterocycles. The minimum atomic E-state index is -0.935. The third-order valence-electron chi connectivity index (χ3n) is 2.59. The molecule has 0 aliphatic rings. The second-order valence-corrected chi connectivity index (χ2v) is 3.83. The van der Waals surface area contributed by atoms with E-state index in [1.54, 1.807) is 25.3 Å². The quantitative estimate of drug-likeness (QED) is 0.776. The van der Waals surface area contributed by atoms with Crippen molar-refractivity contribution in [2.24, 2.45) is 0 Å². The van der Waals surface area contributed by atoms with Gasteiger partial charge in [-0.2, -0.15) is 0 Å². The SMILES string of the molecule is CCCNC(C(=O)O)c1cc(OC)ccc1OC. The molecular formula is C13H19NO4. The van der Waals surface area contributed by atoms with E-state index < -0.39 is 12.0 Å². The number of methoxy groups -OCH3 is 2. The van der Waals surface area contributed by atoms with E-state index in [2.05, 4.69) is 5.32 Å². The Balaban J connectivity index is 3.11. The molecule has 0 fully saturated rings. The molecule has 1 aromatic rings. The molecule has 0 radical (unpaired) electrons. The molecule has 1 rings (SSSR count). The molecule has 0 aliphatic heterocycles.